The standard InChI is InChI=1S/C46H40N2O3/c1-3-28-27-48-24-23-32(28)25-40(48)43(38-20-10-15-31-21-22-33(51-2)26-39(31)38)47-44-42(45(49)46(44)50)41(36-18-8-13-29-11-4-6-16-34(29)36)37-19-9-14-30-12-5-7-17-35(30)37/h3-22,26,28,32,40-41,43,47H,1,23-25,27H2,2H3/t28-,32-,40-,43-/m0/s1. The minimum absolute atomic E-state index is 0.127. The first kappa shape index (κ1) is 31.5. The molecule has 0 radical (unpaired) electrons. The van der Waals surface area contributed by atoms with E-state index in [1.54, 1.807) is 7.11 Å². The van der Waals surface area contributed by atoms with Crippen molar-refractivity contribution in [3.8, 4) is 5.75 Å². The molecule has 3 saturated heterocycles. The maximum absolute atomic E-state index is 14.1. The van der Waals surface area contributed by atoms with E-state index in [2.05, 4.69) is 114 Å². The molecular formula is C46H40N2O3. The third-order valence-corrected chi connectivity index (χ3v) is 11.8. The van der Waals surface area contributed by atoms with Gasteiger partial charge >= 0.3 is 0 Å². The molecule has 5 heteroatoms. The van der Waals surface area contributed by atoms with Crippen molar-refractivity contribution in [3.63, 3.8) is 0 Å². The average Bonchev–Trinajstić information content (AvgIpc) is 3.20. The summed E-state index contributed by atoms with van der Waals surface area (Å²) in [7, 11) is 1.69. The maximum atomic E-state index is 14.1. The molecule has 0 amide bonds. The number of piperidine rings is 3. The molecule has 7 aromatic rings. The molecule has 3 heterocycles. The molecule has 3 aliphatic rings. The molecule has 3 aliphatic heterocycles. The zero-order valence-electron chi connectivity index (χ0n) is 28.7. The van der Waals surface area contributed by atoms with Crippen molar-refractivity contribution in [3.05, 3.63) is 177 Å². The SMILES string of the molecule is C=C[C@H]1CN2CC[C@H]1C[C@H]2[C@@H](Nc1c(C(c2cccc3ccccc23)c2cccc3ccccc23)c(=O)c1=O)c1cccc2ccc(OC)cc12. The van der Waals surface area contributed by atoms with Gasteiger partial charge in [0.1, 0.15) is 5.75 Å². The first-order valence-electron chi connectivity index (χ1n) is 18.0. The molecule has 0 saturated carbocycles. The normalized spacial score (nSPS) is 20.7. The lowest BCUT2D eigenvalue weighted by molar-refractivity contribution is 0.0105. The monoisotopic (exact) mass is 668 g/mol. The Hall–Kier alpha value is -5.52. The van der Waals surface area contributed by atoms with Crippen LogP contribution >= 0.6 is 0 Å². The summed E-state index contributed by atoms with van der Waals surface area (Å²) in [4.78, 5) is 30.7. The van der Waals surface area contributed by atoms with Crippen molar-refractivity contribution in [2.75, 3.05) is 25.5 Å². The van der Waals surface area contributed by atoms with E-state index in [0.29, 0.717) is 23.1 Å². The fraction of sp³-hybridized carbons (Fsp3) is 0.217. The van der Waals surface area contributed by atoms with E-state index < -0.39 is 16.8 Å². The predicted octanol–water partition coefficient (Wildman–Crippen LogP) is 8.98. The number of hydrogen-bond acceptors (Lipinski definition) is 5. The van der Waals surface area contributed by atoms with Crippen LogP contribution in [0, 0.1) is 11.8 Å². The van der Waals surface area contributed by atoms with Gasteiger partial charge in [-0.1, -0.05) is 115 Å². The second-order valence-electron chi connectivity index (χ2n) is 14.3. The number of hydrogen-bond donors (Lipinski definition) is 1. The summed E-state index contributed by atoms with van der Waals surface area (Å²) in [5, 5.41) is 10.4. The summed E-state index contributed by atoms with van der Waals surface area (Å²) in [6, 6.07) is 41.6. The first-order chi connectivity index (χ1) is 25.0. The zero-order valence-corrected chi connectivity index (χ0v) is 28.7. The van der Waals surface area contributed by atoms with E-state index in [0.717, 1.165) is 80.7 Å². The quantitative estimate of drug-likeness (QED) is 0.123. The Kier molecular flexibility index (Phi) is 7.81. The van der Waals surface area contributed by atoms with E-state index in [1.165, 1.54) is 0 Å². The van der Waals surface area contributed by atoms with Crippen LogP contribution < -0.4 is 20.9 Å². The van der Waals surface area contributed by atoms with E-state index >= 15 is 0 Å². The summed E-state index contributed by atoms with van der Waals surface area (Å²) < 4.78 is 5.69. The van der Waals surface area contributed by atoms with Gasteiger partial charge in [0.2, 0.25) is 10.9 Å². The molecule has 10 rings (SSSR count). The van der Waals surface area contributed by atoms with Gasteiger partial charge < -0.3 is 10.1 Å². The van der Waals surface area contributed by atoms with Gasteiger partial charge in [0.05, 0.1) is 18.8 Å². The Balaban J connectivity index is 1.25. The molecule has 0 aliphatic carbocycles. The van der Waals surface area contributed by atoms with Crippen LogP contribution in [0.3, 0.4) is 0 Å². The van der Waals surface area contributed by atoms with Crippen LogP contribution in [-0.2, 0) is 0 Å². The van der Waals surface area contributed by atoms with Gasteiger partial charge in [-0.2, -0.15) is 0 Å². The second-order valence-corrected chi connectivity index (χ2v) is 14.3. The van der Waals surface area contributed by atoms with Crippen molar-refractivity contribution < 1.29 is 4.74 Å². The molecular weight excluding hydrogens is 629 g/mol. The summed E-state index contributed by atoms with van der Waals surface area (Å²) in [6.45, 7) is 6.11. The minimum atomic E-state index is -0.448. The van der Waals surface area contributed by atoms with Crippen LogP contribution in [0.1, 0.15) is 47.1 Å². The maximum Gasteiger partial charge on any atom is 0.249 e. The van der Waals surface area contributed by atoms with Gasteiger partial charge in [-0.15, -0.1) is 6.58 Å². The van der Waals surface area contributed by atoms with Crippen molar-refractivity contribution in [1.82, 2.24) is 4.90 Å². The van der Waals surface area contributed by atoms with Gasteiger partial charge in [-0.25, -0.2) is 0 Å². The fourth-order valence-corrected chi connectivity index (χ4v) is 9.25. The Bertz CT molecular complexity index is 2440. The Labute approximate surface area is 297 Å². The number of ether oxygens (including phenoxy) is 1. The van der Waals surface area contributed by atoms with Crippen LogP contribution in [0.5, 0.6) is 5.75 Å². The van der Waals surface area contributed by atoms with Crippen molar-refractivity contribution in [2.24, 2.45) is 11.8 Å². The van der Waals surface area contributed by atoms with Crippen molar-refractivity contribution in [1.29, 1.82) is 0 Å². The summed E-state index contributed by atoms with van der Waals surface area (Å²) in [6.07, 6.45) is 4.24. The van der Waals surface area contributed by atoms with Crippen LogP contribution in [0.4, 0.5) is 5.69 Å². The molecule has 7 aromatic carbocycles. The van der Waals surface area contributed by atoms with Crippen LogP contribution in [0.15, 0.2) is 144 Å². The summed E-state index contributed by atoms with van der Waals surface area (Å²) in [5.74, 6) is 1.31. The van der Waals surface area contributed by atoms with Gasteiger partial charge in [0.15, 0.2) is 0 Å². The lowest BCUT2D eigenvalue weighted by atomic mass is 9.72. The molecule has 5 nitrogen and oxygen atoms in total. The third kappa shape index (κ3) is 5.18. The number of benzene rings is 6. The van der Waals surface area contributed by atoms with Crippen LogP contribution in [0.2, 0.25) is 0 Å². The Morgan fingerprint density at radius 2 is 1.35 bits per heavy atom. The molecule has 1 N–H and O–H groups in total. The molecule has 5 atom stereocenters. The molecule has 51 heavy (non-hydrogen) atoms. The number of nitrogens with one attached hydrogen (secondary N) is 1. The van der Waals surface area contributed by atoms with Crippen molar-refractivity contribution >= 4 is 38.0 Å². The van der Waals surface area contributed by atoms with Crippen LogP contribution in [0.25, 0.3) is 32.3 Å². The van der Waals surface area contributed by atoms with Gasteiger partial charge in [-0.05, 0) is 92.4 Å². The third-order valence-electron chi connectivity index (χ3n) is 11.8. The predicted molar refractivity (Wildman–Crippen MR) is 209 cm³/mol. The highest BCUT2D eigenvalue weighted by Gasteiger charge is 2.44. The number of rotatable bonds is 9. The number of nitrogens with zero attached hydrogens (tertiary/aromatic N) is 1. The lowest BCUT2D eigenvalue weighted by Gasteiger charge is -2.52. The topological polar surface area (TPSA) is 58.6 Å². The summed E-state index contributed by atoms with van der Waals surface area (Å²) >= 11 is 0. The molecule has 2 bridgehead atoms. The highest BCUT2D eigenvalue weighted by Crippen LogP contribution is 2.46. The second kappa shape index (κ2) is 12.7. The highest BCUT2D eigenvalue weighted by molar-refractivity contribution is 5.92. The first-order valence-corrected chi connectivity index (χ1v) is 18.0. The molecule has 1 unspecified atom stereocenters. The summed E-state index contributed by atoms with van der Waals surface area (Å²) in [5.41, 5.74) is 3.23. The lowest BCUT2D eigenvalue weighted by Crippen LogP contribution is -2.56. The van der Waals surface area contributed by atoms with Gasteiger partial charge in [0.25, 0.3) is 0 Å². The van der Waals surface area contributed by atoms with Crippen LogP contribution in [-0.4, -0.2) is 31.1 Å². The van der Waals surface area contributed by atoms with Gasteiger partial charge in [0, 0.05) is 24.1 Å². The largest absolute Gasteiger partial charge is 0.497 e. The molecule has 0 aromatic heterocycles. The van der Waals surface area contributed by atoms with Gasteiger partial charge in [-0.3, -0.25) is 14.5 Å². The smallest absolute Gasteiger partial charge is 0.249 e. The number of fused-ring (bicyclic) bond motifs is 6. The molecule has 3 fully saturated rings. The molecule has 0 spiro atoms. The Morgan fingerprint density at radius 3 is 1.96 bits per heavy atom. The minimum Gasteiger partial charge on any atom is -0.497 e. The number of methoxy groups -OCH3 is 1. The van der Waals surface area contributed by atoms with Crippen molar-refractivity contribution in [2.45, 2.75) is 30.8 Å². The van der Waals surface area contributed by atoms with E-state index in [9.17, 15) is 9.59 Å². The Morgan fingerprint density at radius 1 is 0.745 bits per heavy atom. The molecule has 252 valence electrons. The average molecular weight is 669 g/mol. The van der Waals surface area contributed by atoms with E-state index in [1.807, 2.05) is 30.3 Å². The fourth-order valence-electron chi connectivity index (χ4n) is 9.25. The highest BCUT2D eigenvalue weighted by atomic mass is 16.5. The van der Waals surface area contributed by atoms with E-state index in [-0.39, 0.29) is 12.1 Å². The van der Waals surface area contributed by atoms with E-state index in [4.69, 9.17) is 4.74 Å². The zero-order chi connectivity index (χ0) is 34.6. The number of anilines is 1.